The van der Waals surface area contributed by atoms with Crippen LogP contribution in [-0.2, 0) is 4.79 Å². The SMILES string of the molecule is C1CCNC1.CSC.O=CO. The standard InChI is InChI=1S/C4H9N.C2H6S.CH2O2/c1-2-4-5-3-1;1-3-2;2-1-3/h5H,1-4H2;1-2H3;1H,(H,2,3). The molecule has 11 heavy (non-hydrogen) atoms. The number of carboxylic acid groups (broad SMARTS) is 1. The topological polar surface area (TPSA) is 49.3 Å². The van der Waals surface area contributed by atoms with Crippen LogP contribution in [-0.4, -0.2) is 37.2 Å². The Bertz CT molecular complexity index is 59.9. The monoisotopic (exact) mass is 179 g/mol. The van der Waals surface area contributed by atoms with Gasteiger partial charge in [0.2, 0.25) is 0 Å². The minimum Gasteiger partial charge on any atom is -0.483 e. The molecule has 4 heteroatoms. The fourth-order valence-electron chi connectivity index (χ4n) is 0.625. The Kier molecular flexibility index (Phi) is 19.9. The summed E-state index contributed by atoms with van der Waals surface area (Å²) in [6.45, 7) is 2.25. The molecule has 0 saturated carbocycles. The first-order valence-corrected chi connectivity index (χ1v) is 5.15. The maximum Gasteiger partial charge on any atom is 0.290 e. The number of rotatable bonds is 0. The Morgan fingerprint density at radius 2 is 1.64 bits per heavy atom. The summed E-state index contributed by atoms with van der Waals surface area (Å²) in [5, 5.41) is 10.1. The summed E-state index contributed by atoms with van der Waals surface area (Å²) >= 11 is 1.75. The number of hydrogen-bond acceptors (Lipinski definition) is 3. The number of hydrogen-bond donors (Lipinski definition) is 2. The molecular formula is C7H17NO2S. The number of thioether (sulfide) groups is 1. The lowest BCUT2D eigenvalue weighted by atomic mass is 10.4. The van der Waals surface area contributed by atoms with Crippen molar-refractivity contribution in [2.45, 2.75) is 12.8 Å². The highest BCUT2D eigenvalue weighted by Crippen LogP contribution is 1.90. The molecule has 0 atom stereocenters. The highest BCUT2D eigenvalue weighted by molar-refractivity contribution is 7.97. The van der Waals surface area contributed by atoms with Crippen LogP contribution in [0.25, 0.3) is 0 Å². The molecule has 0 aromatic heterocycles. The minimum absolute atomic E-state index is 0.250. The van der Waals surface area contributed by atoms with E-state index in [0.29, 0.717) is 0 Å². The van der Waals surface area contributed by atoms with Gasteiger partial charge in [-0.2, -0.15) is 11.8 Å². The highest BCUT2D eigenvalue weighted by atomic mass is 32.2. The highest BCUT2D eigenvalue weighted by Gasteiger charge is 1.93. The van der Waals surface area contributed by atoms with E-state index in [-0.39, 0.29) is 6.47 Å². The van der Waals surface area contributed by atoms with Gasteiger partial charge < -0.3 is 10.4 Å². The van der Waals surface area contributed by atoms with Crippen LogP contribution in [0.2, 0.25) is 0 Å². The van der Waals surface area contributed by atoms with E-state index in [2.05, 4.69) is 5.32 Å². The summed E-state index contributed by atoms with van der Waals surface area (Å²) in [6, 6.07) is 0. The van der Waals surface area contributed by atoms with Gasteiger partial charge in [-0.05, 0) is 38.4 Å². The van der Waals surface area contributed by atoms with Crippen LogP contribution in [0.1, 0.15) is 12.8 Å². The maximum atomic E-state index is 8.36. The summed E-state index contributed by atoms with van der Waals surface area (Å²) in [5.41, 5.74) is 0. The zero-order valence-corrected chi connectivity index (χ0v) is 7.99. The molecule has 1 rings (SSSR count). The molecule has 1 fully saturated rings. The van der Waals surface area contributed by atoms with Crippen LogP contribution >= 0.6 is 11.8 Å². The van der Waals surface area contributed by atoms with Gasteiger partial charge in [0.05, 0.1) is 0 Å². The largest absolute Gasteiger partial charge is 0.483 e. The normalized spacial score (nSPS) is 13.6. The van der Waals surface area contributed by atoms with Crippen molar-refractivity contribution >= 4 is 18.2 Å². The Labute approximate surface area is 72.6 Å². The summed E-state index contributed by atoms with van der Waals surface area (Å²) in [6.07, 6.45) is 6.86. The quantitative estimate of drug-likeness (QED) is 0.546. The van der Waals surface area contributed by atoms with Gasteiger partial charge in [0.25, 0.3) is 6.47 Å². The molecule has 0 aromatic rings. The Morgan fingerprint density at radius 1 is 1.36 bits per heavy atom. The van der Waals surface area contributed by atoms with Crippen molar-refractivity contribution in [2.75, 3.05) is 25.6 Å². The summed E-state index contributed by atoms with van der Waals surface area (Å²) < 4.78 is 0. The third-order valence-corrected chi connectivity index (χ3v) is 0.957. The van der Waals surface area contributed by atoms with Crippen molar-refractivity contribution in [2.24, 2.45) is 0 Å². The first-order chi connectivity index (χ1) is 5.33. The third kappa shape index (κ3) is 25.9. The van der Waals surface area contributed by atoms with Gasteiger partial charge in [-0.3, -0.25) is 4.79 Å². The molecule has 0 radical (unpaired) electrons. The first kappa shape index (κ1) is 13.4. The average Bonchev–Trinajstić information content (AvgIpc) is 2.44. The predicted octanol–water partition coefficient (Wildman–Crippen LogP) is 1.05. The van der Waals surface area contributed by atoms with Crippen molar-refractivity contribution < 1.29 is 9.90 Å². The molecule has 1 heterocycles. The van der Waals surface area contributed by atoms with Crippen LogP contribution in [0.3, 0.4) is 0 Å². The number of carbonyl (C=O) groups is 1. The van der Waals surface area contributed by atoms with Crippen LogP contribution in [0, 0.1) is 0 Å². The van der Waals surface area contributed by atoms with Crippen molar-refractivity contribution in [1.29, 1.82) is 0 Å². The van der Waals surface area contributed by atoms with Gasteiger partial charge >= 0.3 is 0 Å². The summed E-state index contributed by atoms with van der Waals surface area (Å²) in [5.74, 6) is 0. The van der Waals surface area contributed by atoms with Crippen molar-refractivity contribution in [3.63, 3.8) is 0 Å². The van der Waals surface area contributed by atoms with Gasteiger partial charge in [-0.25, -0.2) is 0 Å². The molecule has 0 amide bonds. The lowest BCUT2D eigenvalue weighted by Crippen LogP contribution is -2.03. The van der Waals surface area contributed by atoms with Crippen molar-refractivity contribution in [3.8, 4) is 0 Å². The van der Waals surface area contributed by atoms with Crippen LogP contribution in [0.15, 0.2) is 0 Å². The van der Waals surface area contributed by atoms with Gasteiger partial charge in [0.1, 0.15) is 0 Å². The zero-order valence-electron chi connectivity index (χ0n) is 7.17. The second-order valence-corrected chi connectivity index (χ2v) is 2.79. The molecule has 0 unspecified atom stereocenters. The molecule has 68 valence electrons. The third-order valence-electron chi connectivity index (χ3n) is 0.957. The van der Waals surface area contributed by atoms with Crippen molar-refractivity contribution in [3.05, 3.63) is 0 Å². The van der Waals surface area contributed by atoms with E-state index in [0.717, 1.165) is 0 Å². The zero-order chi connectivity index (χ0) is 8.95. The smallest absolute Gasteiger partial charge is 0.290 e. The van der Waals surface area contributed by atoms with Crippen LogP contribution < -0.4 is 5.32 Å². The van der Waals surface area contributed by atoms with E-state index < -0.39 is 0 Å². The molecular weight excluding hydrogens is 162 g/mol. The van der Waals surface area contributed by atoms with Crippen LogP contribution in [0.4, 0.5) is 0 Å². The summed E-state index contributed by atoms with van der Waals surface area (Å²) in [7, 11) is 0. The fraction of sp³-hybridized carbons (Fsp3) is 0.857. The first-order valence-electron chi connectivity index (χ1n) is 3.52. The number of nitrogens with one attached hydrogen (secondary N) is 1. The lowest BCUT2D eigenvalue weighted by molar-refractivity contribution is -0.122. The Morgan fingerprint density at radius 3 is 1.73 bits per heavy atom. The Balaban J connectivity index is 0. The van der Waals surface area contributed by atoms with E-state index in [9.17, 15) is 0 Å². The average molecular weight is 179 g/mol. The van der Waals surface area contributed by atoms with E-state index in [1.54, 1.807) is 11.8 Å². The summed E-state index contributed by atoms with van der Waals surface area (Å²) in [4.78, 5) is 8.36. The second-order valence-electron chi connectivity index (χ2n) is 1.97. The van der Waals surface area contributed by atoms with E-state index in [1.807, 2.05) is 12.5 Å². The molecule has 0 aromatic carbocycles. The molecule has 0 spiro atoms. The molecule has 0 aliphatic carbocycles. The van der Waals surface area contributed by atoms with Crippen molar-refractivity contribution in [1.82, 2.24) is 5.32 Å². The Hall–Kier alpha value is -0.220. The predicted molar refractivity (Wildman–Crippen MR) is 50.2 cm³/mol. The maximum absolute atomic E-state index is 8.36. The fourth-order valence-corrected chi connectivity index (χ4v) is 0.625. The minimum atomic E-state index is -0.250. The molecule has 1 saturated heterocycles. The second kappa shape index (κ2) is 16.4. The molecule has 1 aliphatic rings. The van der Waals surface area contributed by atoms with Gasteiger partial charge in [0.15, 0.2) is 0 Å². The van der Waals surface area contributed by atoms with Gasteiger partial charge in [-0.1, -0.05) is 0 Å². The lowest BCUT2D eigenvalue weighted by Gasteiger charge is -1.76. The molecule has 0 bridgehead atoms. The van der Waals surface area contributed by atoms with E-state index in [1.165, 1.54) is 25.9 Å². The van der Waals surface area contributed by atoms with Gasteiger partial charge in [-0.15, -0.1) is 0 Å². The molecule has 1 aliphatic heterocycles. The molecule has 2 N–H and O–H groups in total. The van der Waals surface area contributed by atoms with E-state index >= 15 is 0 Å². The van der Waals surface area contributed by atoms with Gasteiger partial charge in [0, 0.05) is 0 Å². The van der Waals surface area contributed by atoms with Crippen LogP contribution in [0.5, 0.6) is 0 Å². The molecule has 3 nitrogen and oxygen atoms in total. The van der Waals surface area contributed by atoms with E-state index in [4.69, 9.17) is 9.90 Å².